The van der Waals surface area contributed by atoms with Crippen LogP contribution in [0.2, 0.25) is 0 Å². The Bertz CT molecular complexity index is 284. The molecule has 0 amide bonds. The van der Waals surface area contributed by atoms with Crippen molar-refractivity contribution in [1.29, 1.82) is 0 Å². The van der Waals surface area contributed by atoms with Crippen molar-refractivity contribution in [2.24, 2.45) is 22.7 Å². The van der Waals surface area contributed by atoms with Gasteiger partial charge in [0.15, 0.2) is 0 Å². The largest absolute Gasteiger partial charge is 0.353 e. The molecule has 2 atom stereocenters. The molecule has 0 radical (unpaired) electrons. The number of guanidine groups is 1. The molecule has 4 N–H and O–H groups in total. The Labute approximate surface area is 117 Å². The molecule has 19 heavy (non-hydrogen) atoms. The van der Waals surface area contributed by atoms with Crippen LogP contribution in [0.5, 0.6) is 0 Å². The van der Waals surface area contributed by atoms with Crippen molar-refractivity contribution in [2.45, 2.75) is 70.8 Å². The summed E-state index contributed by atoms with van der Waals surface area (Å²) in [6, 6.07) is 0.564. The molecule has 4 heteroatoms. The zero-order valence-corrected chi connectivity index (χ0v) is 12.3. The number of nitrogens with two attached hydrogens (primary N) is 1. The van der Waals surface area contributed by atoms with Crippen LogP contribution >= 0.6 is 0 Å². The molecule has 2 aliphatic carbocycles. The fraction of sp³-hybridized carbons (Fsp3) is 0.933. The summed E-state index contributed by atoms with van der Waals surface area (Å²) in [4.78, 5) is 4.66. The van der Waals surface area contributed by atoms with Crippen molar-refractivity contribution < 1.29 is 0 Å². The van der Waals surface area contributed by atoms with Crippen molar-refractivity contribution in [3.63, 3.8) is 0 Å². The van der Waals surface area contributed by atoms with Crippen LogP contribution < -0.4 is 16.6 Å². The van der Waals surface area contributed by atoms with Gasteiger partial charge in [-0.05, 0) is 37.5 Å². The normalized spacial score (nSPS) is 30.1. The minimum absolute atomic E-state index is 0.564. The summed E-state index contributed by atoms with van der Waals surface area (Å²) in [6.07, 6.45) is 11.9. The van der Waals surface area contributed by atoms with E-state index in [9.17, 15) is 0 Å². The Hall–Kier alpha value is -0.770. The first-order valence-corrected chi connectivity index (χ1v) is 8.05. The molecule has 2 fully saturated rings. The van der Waals surface area contributed by atoms with E-state index in [-0.39, 0.29) is 0 Å². The number of nitrogens with zero attached hydrogens (tertiary/aromatic N) is 1. The molecule has 0 heterocycles. The molecule has 0 bridgehead atoms. The Balaban J connectivity index is 1.77. The second kappa shape index (κ2) is 7.73. The molecular weight excluding hydrogens is 236 g/mol. The van der Waals surface area contributed by atoms with Gasteiger partial charge in [0.05, 0.1) is 0 Å². The van der Waals surface area contributed by atoms with E-state index in [0.717, 1.165) is 24.3 Å². The highest BCUT2D eigenvalue weighted by Gasteiger charge is 2.19. The van der Waals surface area contributed by atoms with Gasteiger partial charge >= 0.3 is 0 Å². The fourth-order valence-corrected chi connectivity index (χ4v) is 3.52. The van der Waals surface area contributed by atoms with Crippen LogP contribution in [-0.4, -0.2) is 18.5 Å². The summed E-state index contributed by atoms with van der Waals surface area (Å²) in [6.45, 7) is 3.28. The third-order valence-corrected chi connectivity index (χ3v) is 4.64. The highest BCUT2D eigenvalue weighted by Crippen LogP contribution is 2.28. The van der Waals surface area contributed by atoms with Gasteiger partial charge in [0, 0.05) is 12.6 Å². The number of nitrogens with one attached hydrogen (secondary N) is 2. The minimum atomic E-state index is 0.564. The molecule has 110 valence electrons. The van der Waals surface area contributed by atoms with Gasteiger partial charge in [-0.15, -0.1) is 0 Å². The van der Waals surface area contributed by atoms with Crippen molar-refractivity contribution in [2.75, 3.05) is 6.54 Å². The van der Waals surface area contributed by atoms with E-state index in [1.54, 1.807) is 0 Å². The lowest BCUT2D eigenvalue weighted by atomic mass is 9.82. The predicted molar refractivity (Wildman–Crippen MR) is 80.8 cm³/mol. The van der Waals surface area contributed by atoms with E-state index < -0.39 is 0 Å². The average molecular weight is 266 g/mol. The van der Waals surface area contributed by atoms with Crippen LogP contribution in [0.1, 0.15) is 64.7 Å². The summed E-state index contributed by atoms with van der Waals surface area (Å²) in [7, 11) is 0. The number of aliphatic imine (C=N–C) groups is 1. The Morgan fingerprint density at radius 1 is 1.11 bits per heavy atom. The van der Waals surface area contributed by atoms with Crippen molar-refractivity contribution in [3.05, 3.63) is 0 Å². The third kappa shape index (κ3) is 5.01. The lowest BCUT2D eigenvalue weighted by Crippen LogP contribution is -2.47. The van der Waals surface area contributed by atoms with E-state index in [2.05, 4.69) is 22.7 Å². The van der Waals surface area contributed by atoms with Gasteiger partial charge in [0.25, 0.3) is 0 Å². The van der Waals surface area contributed by atoms with Crippen LogP contribution in [0, 0.1) is 11.8 Å². The third-order valence-electron chi connectivity index (χ3n) is 4.64. The molecule has 4 nitrogen and oxygen atoms in total. The number of hydrogen-bond donors (Lipinski definition) is 3. The van der Waals surface area contributed by atoms with Gasteiger partial charge in [-0.1, -0.05) is 39.0 Å². The Morgan fingerprint density at radius 2 is 1.89 bits per heavy atom. The van der Waals surface area contributed by atoms with E-state index in [0.29, 0.717) is 6.04 Å². The number of hydrogen-bond acceptors (Lipinski definition) is 2. The number of rotatable bonds is 3. The molecule has 0 aliphatic heterocycles. The van der Waals surface area contributed by atoms with E-state index >= 15 is 0 Å². The summed E-state index contributed by atoms with van der Waals surface area (Å²) < 4.78 is 0. The molecule has 0 aromatic rings. The second-order valence-corrected chi connectivity index (χ2v) is 6.45. The molecule has 0 saturated heterocycles. The maximum Gasteiger partial charge on any atom is 0.205 e. The van der Waals surface area contributed by atoms with Gasteiger partial charge in [0.1, 0.15) is 0 Å². The first-order valence-electron chi connectivity index (χ1n) is 8.05. The first-order chi connectivity index (χ1) is 9.28. The van der Waals surface area contributed by atoms with Gasteiger partial charge < -0.3 is 5.32 Å². The van der Waals surface area contributed by atoms with Crippen LogP contribution in [0.4, 0.5) is 0 Å². The SMILES string of the molecule is CC1CCCC(CN=C(NN)NC2CCCCC2)C1. The van der Waals surface area contributed by atoms with E-state index in [1.165, 1.54) is 57.8 Å². The lowest BCUT2D eigenvalue weighted by molar-refractivity contribution is 0.288. The number of hydrazine groups is 1. The standard InChI is InChI=1S/C15H30N4/c1-12-6-5-7-13(10-12)11-17-15(19-16)18-14-8-3-2-4-9-14/h12-14H,2-11,16H2,1H3,(H2,17,18,19). The van der Waals surface area contributed by atoms with Crippen LogP contribution in [-0.2, 0) is 0 Å². The fourth-order valence-electron chi connectivity index (χ4n) is 3.52. The maximum absolute atomic E-state index is 5.59. The second-order valence-electron chi connectivity index (χ2n) is 6.45. The summed E-state index contributed by atoms with van der Waals surface area (Å²) in [5.74, 6) is 8.01. The van der Waals surface area contributed by atoms with Gasteiger partial charge in [-0.3, -0.25) is 10.4 Å². The molecule has 2 saturated carbocycles. The molecule has 2 rings (SSSR count). The highest BCUT2D eigenvalue weighted by atomic mass is 15.3. The average Bonchev–Trinajstić information content (AvgIpc) is 2.44. The molecule has 0 aromatic carbocycles. The summed E-state index contributed by atoms with van der Waals surface area (Å²) >= 11 is 0. The predicted octanol–water partition coefficient (Wildman–Crippen LogP) is 2.55. The van der Waals surface area contributed by atoms with Crippen molar-refractivity contribution in [3.8, 4) is 0 Å². The lowest BCUT2D eigenvalue weighted by Gasteiger charge is -2.27. The Morgan fingerprint density at radius 3 is 2.58 bits per heavy atom. The summed E-state index contributed by atoms with van der Waals surface area (Å²) in [5.41, 5.74) is 2.74. The van der Waals surface area contributed by atoms with Crippen LogP contribution in [0.15, 0.2) is 4.99 Å². The van der Waals surface area contributed by atoms with Gasteiger partial charge in [-0.2, -0.15) is 0 Å². The van der Waals surface area contributed by atoms with Crippen LogP contribution in [0.25, 0.3) is 0 Å². The molecule has 2 aliphatic rings. The smallest absolute Gasteiger partial charge is 0.205 e. The quantitative estimate of drug-likeness (QED) is 0.318. The topological polar surface area (TPSA) is 62.4 Å². The van der Waals surface area contributed by atoms with E-state index in [4.69, 9.17) is 5.84 Å². The highest BCUT2D eigenvalue weighted by molar-refractivity contribution is 5.79. The van der Waals surface area contributed by atoms with Crippen molar-refractivity contribution >= 4 is 5.96 Å². The maximum atomic E-state index is 5.59. The van der Waals surface area contributed by atoms with Crippen LogP contribution in [0.3, 0.4) is 0 Å². The van der Waals surface area contributed by atoms with Crippen molar-refractivity contribution in [1.82, 2.24) is 10.7 Å². The summed E-state index contributed by atoms with van der Waals surface area (Å²) in [5, 5.41) is 3.47. The molecular formula is C15H30N4. The zero-order chi connectivity index (χ0) is 13.5. The molecule has 0 aromatic heterocycles. The molecule has 0 spiro atoms. The van der Waals surface area contributed by atoms with Gasteiger partial charge in [-0.25, -0.2) is 5.84 Å². The van der Waals surface area contributed by atoms with E-state index in [1.807, 2.05) is 0 Å². The Kier molecular flexibility index (Phi) is 5.95. The first kappa shape index (κ1) is 14.6. The monoisotopic (exact) mass is 266 g/mol. The molecule has 2 unspecified atom stereocenters. The minimum Gasteiger partial charge on any atom is -0.353 e. The zero-order valence-electron chi connectivity index (χ0n) is 12.3. The van der Waals surface area contributed by atoms with Gasteiger partial charge in [0.2, 0.25) is 5.96 Å².